The average molecular weight is 284 g/mol. The number of carboxylic acids is 1. The predicted octanol–water partition coefficient (Wildman–Crippen LogP) is 0.353. The molecule has 0 aliphatic rings. The van der Waals surface area contributed by atoms with Crippen LogP contribution in [0.3, 0.4) is 0 Å². The maximum Gasteiger partial charge on any atom is 0.337 e. The van der Waals surface area contributed by atoms with Gasteiger partial charge in [0.15, 0.2) is 0 Å². The van der Waals surface area contributed by atoms with Gasteiger partial charge in [-0.25, -0.2) is 9.18 Å². The van der Waals surface area contributed by atoms with Crippen molar-refractivity contribution in [1.29, 1.82) is 0 Å². The highest BCUT2D eigenvalue weighted by molar-refractivity contribution is 5.98. The number of esters is 1. The number of anilines is 1. The van der Waals surface area contributed by atoms with Crippen molar-refractivity contribution in [2.75, 3.05) is 12.4 Å². The summed E-state index contributed by atoms with van der Waals surface area (Å²) >= 11 is 0. The topological polar surface area (TPSA) is 119 Å². The van der Waals surface area contributed by atoms with Crippen molar-refractivity contribution in [3.8, 4) is 0 Å². The fraction of sp³-hybridized carbons (Fsp3) is 0.250. The minimum Gasteiger partial charge on any atom is -0.481 e. The van der Waals surface area contributed by atoms with Crippen LogP contribution < -0.4 is 11.1 Å². The molecule has 0 radical (unpaired) electrons. The third-order valence-corrected chi connectivity index (χ3v) is 2.38. The van der Waals surface area contributed by atoms with E-state index < -0.39 is 36.1 Å². The standard InChI is InChI=1S/C12H13FN2O5/c1-20-12(19)6-2-3-7(13)9(4-6)15-11(18)8(14)5-10(16)17/h2-4,8H,5,14H2,1H3,(H,15,18)(H,16,17). The molecule has 1 amide bonds. The quantitative estimate of drug-likeness (QED) is 0.671. The SMILES string of the molecule is COC(=O)c1ccc(F)c(NC(=O)C(N)CC(=O)O)c1. The number of halogens is 1. The molecule has 1 unspecified atom stereocenters. The van der Waals surface area contributed by atoms with E-state index in [1.54, 1.807) is 0 Å². The molecule has 1 rings (SSSR count). The summed E-state index contributed by atoms with van der Waals surface area (Å²) in [7, 11) is 1.16. The Hall–Kier alpha value is -2.48. The minimum atomic E-state index is -1.33. The highest BCUT2D eigenvalue weighted by Gasteiger charge is 2.19. The van der Waals surface area contributed by atoms with E-state index >= 15 is 0 Å². The van der Waals surface area contributed by atoms with E-state index in [1.165, 1.54) is 6.07 Å². The zero-order valence-electron chi connectivity index (χ0n) is 10.6. The van der Waals surface area contributed by atoms with Crippen LogP contribution in [-0.2, 0) is 14.3 Å². The molecular weight excluding hydrogens is 271 g/mol. The van der Waals surface area contributed by atoms with Crippen LogP contribution in [0.2, 0.25) is 0 Å². The lowest BCUT2D eigenvalue weighted by Gasteiger charge is -2.11. The monoisotopic (exact) mass is 284 g/mol. The molecule has 4 N–H and O–H groups in total. The van der Waals surface area contributed by atoms with Crippen molar-refractivity contribution in [3.63, 3.8) is 0 Å². The third kappa shape index (κ3) is 4.02. The van der Waals surface area contributed by atoms with Crippen molar-refractivity contribution in [2.45, 2.75) is 12.5 Å². The second-order valence-corrected chi connectivity index (χ2v) is 3.88. The third-order valence-electron chi connectivity index (χ3n) is 2.38. The normalized spacial score (nSPS) is 11.6. The first-order chi connectivity index (χ1) is 9.35. The largest absolute Gasteiger partial charge is 0.481 e. The fourth-order valence-electron chi connectivity index (χ4n) is 1.37. The summed E-state index contributed by atoms with van der Waals surface area (Å²) in [6.07, 6.45) is -0.593. The van der Waals surface area contributed by atoms with Crippen molar-refractivity contribution in [2.24, 2.45) is 5.73 Å². The van der Waals surface area contributed by atoms with E-state index in [0.29, 0.717) is 0 Å². The first-order valence-corrected chi connectivity index (χ1v) is 5.51. The van der Waals surface area contributed by atoms with Crippen LogP contribution in [0.25, 0.3) is 0 Å². The summed E-state index contributed by atoms with van der Waals surface area (Å²) < 4.78 is 18.0. The van der Waals surface area contributed by atoms with Crippen LogP contribution in [0.4, 0.5) is 10.1 Å². The van der Waals surface area contributed by atoms with E-state index in [1.807, 2.05) is 0 Å². The Bertz CT molecular complexity index is 547. The van der Waals surface area contributed by atoms with Gasteiger partial charge in [-0.3, -0.25) is 9.59 Å². The number of nitrogens with two attached hydrogens (primary N) is 1. The maximum atomic E-state index is 13.5. The smallest absolute Gasteiger partial charge is 0.337 e. The number of hydrogen-bond acceptors (Lipinski definition) is 5. The number of methoxy groups -OCH3 is 1. The molecule has 1 aromatic carbocycles. The number of ether oxygens (including phenoxy) is 1. The lowest BCUT2D eigenvalue weighted by atomic mass is 10.1. The van der Waals surface area contributed by atoms with E-state index in [-0.39, 0.29) is 11.3 Å². The second-order valence-electron chi connectivity index (χ2n) is 3.88. The Labute approximate surface area is 113 Å². The van der Waals surface area contributed by atoms with Crippen molar-refractivity contribution < 1.29 is 28.6 Å². The van der Waals surface area contributed by atoms with E-state index in [2.05, 4.69) is 10.1 Å². The number of carbonyl (C=O) groups is 3. The molecule has 0 spiro atoms. The molecule has 1 atom stereocenters. The molecule has 0 saturated heterocycles. The van der Waals surface area contributed by atoms with Crippen molar-refractivity contribution >= 4 is 23.5 Å². The summed E-state index contributed by atoms with van der Waals surface area (Å²) in [4.78, 5) is 33.3. The minimum absolute atomic E-state index is 0.0380. The summed E-state index contributed by atoms with van der Waals surface area (Å²) in [5.74, 6) is -3.60. The molecule has 20 heavy (non-hydrogen) atoms. The van der Waals surface area contributed by atoms with Crippen LogP contribution in [0.5, 0.6) is 0 Å². The van der Waals surface area contributed by atoms with Gasteiger partial charge in [-0.15, -0.1) is 0 Å². The van der Waals surface area contributed by atoms with Gasteiger partial charge in [-0.1, -0.05) is 0 Å². The van der Waals surface area contributed by atoms with E-state index in [4.69, 9.17) is 10.8 Å². The molecule has 0 aliphatic carbocycles. The van der Waals surface area contributed by atoms with Crippen molar-refractivity contribution in [1.82, 2.24) is 0 Å². The number of carbonyl (C=O) groups excluding carboxylic acids is 2. The molecule has 0 bridgehead atoms. The lowest BCUT2D eigenvalue weighted by Crippen LogP contribution is -2.37. The molecule has 0 fully saturated rings. The number of hydrogen-bond donors (Lipinski definition) is 3. The first kappa shape index (κ1) is 15.6. The number of aliphatic carboxylic acids is 1. The lowest BCUT2D eigenvalue weighted by molar-refractivity contribution is -0.138. The Kier molecular flexibility index (Phi) is 5.15. The van der Waals surface area contributed by atoms with Crippen LogP contribution in [0.15, 0.2) is 18.2 Å². The van der Waals surface area contributed by atoms with Gasteiger partial charge in [-0.2, -0.15) is 0 Å². The summed E-state index contributed by atoms with van der Waals surface area (Å²) in [5.41, 5.74) is 5.09. The number of benzene rings is 1. The van der Waals surface area contributed by atoms with Crippen LogP contribution in [0, 0.1) is 5.82 Å². The van der Waals surface area contributed by atoms with Crippen LogP contribution in [0.1, 0.15) is 16.8 Å². The Morgan fingerprint density at radius 2 is 2.10 bits per heavy atom. The van der Waals surface area contributed by atoms with Gasteiger partial charge in [0.1, 0.15) is 5.82 Å². The molecule has 0 heterocycles. The zero-order valence-corrected chi connectivity index (χ0v) is 10.6. The van der Waals surface area contributed by atoms with Crippen LogP contribution >= 0.6 is 0 Å². The van der Waals surface area contributed by atoms with E-state index in [0.717, 1.165) is 19.2 Å². The molecule has 108 valence electrons. The number of nitrogens with one attached hydrogen (secondary N) is 1. The Morgan fingerprint density at radius 1 is 1.45 bits per heavy atom. The van der Waals surface area contributed by atoms with Gasteiger partial charge in [0.25, 0.3) is 0 Å². The predicted molar refractivity (Wildman–Crippen MR) is 66.6 cm³/mol. The number of carboxylic acid groups (broad SMARTS) is 1. The first-order valence-electron chi connectivity index (χ1n) is 5.51. The van der Waals surface area contributed by atoms with Gasteiger partial charge in [0.2, 0.25) is 5.91 Å². The molecule has 8 heteroatoms. The summed E-state index contributed by atoms with van der Waals surface area (Å²) in [6, 6.07) is 1.92. The number of rotatable bonds is 5. The van der Waals surface area contributed by atoms with Crippen molar-refractivity contribution in [3.05, 3.63) is 29.6 Å². The molecule has 0 aromatic heterocycles. The fourth-order valence-corrected chi connectivity index (χ4v) is 1.37. The molecule has 7 nitrogen and oxygen atoms in total. The van der Waals surface area contributed by atoms with Gasteiger partial charge in [-0.05, 0) is 18.2 Å². The molecule has 1 aromatic rings. The number of amides is 1. The van der Waals surface area contributed by atoms with Gasteiger partial charge in [0.05, 0.1) is 30.8 Å². The Morgan fingerprint density at radius 3 is 2.65 bits per heavy atom. The second kappa shape index (κ2) is 6.62. The van der Waals surface area contributed by atoms with Gasteiger partial charge < -0.3 is 20.9 Å². The summed E-state index contributed by atoms with van der Waals surface area (Å²) in [6.45, 7) is 0. The molecule has 0 aliphatic heterocycles. The van der Waals surface area contributed by atoms with Gasteiger partial charge in [0, 0.05) is 0 Å². The highest BCUT2D eigenvalue weighted by atomic mass is 19.1. The average Bonchev–Trinajstić information content (AvgIpc) is 2.39. The van der Waals surface area contributed by atoms with Crippen LogP contribution in [-0.4, -0.2) is 36.1 Å². The van der Waals surface area contributed by atoms with E-state index in [9.17, 15) is 18.8 Å². The molecule has 0 saturated carbocycles. The summed E-state index contributed by atoms with van der Waals surface area (Å²) in [5, 5.41) is 10.6. The zero-order chi connectivity index (χ0) is 15.3. The maximum absolute atomic E-state index is 13.5. The molecular formula is C12H13FN2O5. The Balaban J connectivity index is 2.88. The highest BCUT2D eigenvalue weighted by Crippen LogP contribution is 2.17. The van der Waals surface area contributed by atoms with Gasteiger partial charge >= 0.3 is 11.9 Å².